The quantitative estimate of drug-likeness (QED) is 0.649. The Hall–Kier alpha value is -0.370. The van der Waals surface area contributed by atoms with Crippen LogP contribution >= 0.6 is 0 Å². The Morgan fingerprint density at radius 1 is 1.42 bits per heavy atom. The van der Waals surface area contributed by atoms with Crippen molar-refractivity contribution in [3.05, 3.63) is 0 Å². The minimum atomic E-state index is -0.0100. The second kappa shape index (κ2) is 4.04. The first-order valence-electron chi connectivity index (χ1n) is 4.82. The monoisotopic (exact) mass is 170 g/mol. The van der Waals surface area contributed by atoms with Crippen LogP contribution in [0.15, 0.2) is 0 Å². The average molecular weight is 170 g/mol. The number of carbonyl (C=O) groups is 1. The molecule has 0 amide bonds. The van der Waals surface area contributed by atoms with E-state index in [1.54, 1.807) is 0 Å². The summed E-state index contributed by atoms with van der Waals surface area (Å²) in [5.74, 6) is 0.396. The van der Waals surface area contributed by atoms with E-state index in [2.05, 4.69) is 13.8 Å². The van der Waals surface area contributed by atoms with Crippen molar-refractivity contribution in [2.75, 3.05) is 6.61 Å². The van der Waals surface area contributed by atoms with E-state index in [-0.39, 0.29) is 5.60 Å². The summed E-state index contributed by atoms with van der Waals surface area (Å²) < 4.78 is 5.72. The molecular formula is C10H18O2. The molecule has 0 heterocycles. The molecule has 0 atom stereocenters. The Morgan fingerprint density at radius 2 is 2.00 bits per heavy atom. The van der Waals surface area contributed by atoms with Gasteiger partial charge in [-0.1, -0.05) is 6.92 Å². The number of ketones is 1. The third kappa shape index (κ3) is 2.59. The Labute approximate surface area is 74.3 Å². The van der Waals surface area contributed by atoms with Crippen molar-refractivity contribution < 1.29 is 9.53 Å². The maximum absolute atomic E-state index is 11.0. The molecule has 0 radical (unpaired) electrons. The topological polar surface area (TPSA) is 26.3 Å². The van der Waals surface area contributed by atoms with Gasteiger partial charge in [0.05, 0.1) is 5.60 Å². The van der Waals surface area contributed by atoms with Gasteiger partial charge in [-0.3, -0.25) is 4.79 Å². The molecular weight excluding hydrogens is 152 g/mol. The van der Waals surface area contributed by atoms with E-state index in [4.69, 9.17) is 4.74 Å². The van der Waals surface area contributed by atoms with Crippen LogP contribution in [0.2, 0.25) is 0 Å². The molecule has 0 aliphatic heterocycles. The fourth-order valence-corrected chi connectivity index (χ4v) is 1.55. The van der Waals surface area contributed by atoms with E-state index in [0.29, 0.717) is 18.6 Å². The first-order chi connectivity index (χ1) is 5.66. The van der Waals surface area contributed by atoms with Crippen LogP contribution in [0.1, 0.15) is 46.0 Å². The van der Waals surface area contributed by atoms with Crippen LogP contribution in [0.25, 0.3) is 0 Å². The van der Waals surface area contributed by atoms with Crippen LogP contribution in [0, 0.1) is 0 Å². The number of carbonyl (C=O) groups excluding carboxylic acids is 1. The lowest BCUT2D eigenvalue weighted by Gasteiger charge is -2.32. The van der Waals surface area contributed by atoms with E-state index in [9.17, 15) is 4.79 Å². The highest BCUT2D eigenvalue weighted by molar-refractivity contribution is 5.79. The fraction of sp³-hybridized carbons (Fsp3) is 0.900. The Morgan fingerprint density at radius 3 is 2.50 bits per heavy atom. The first-order valence-corrected chi connectivity index (χ1v) is 4.82. The van der Waals surface area contributed by atoms with Gasteiger partial charge in [-0.25, -0.2) is 0 Å². The molecule has 0 unspecified atom stereocenters. The van der Waals surface area contributed by atoms with Gasteiger partial charge in [0.2, 0.25) is 0 Å². The van der Waals surface area contributed by atoms with Crippen LogP contribution in [0.5, 0.6) is 0 Å². The summed E-state index contributed by atoms with van der Waals surface area (Å²) in [4.78, 5) is 11.0. The normalized spacial score (nSPS) is 22.7. The Balaban J connectivity index is 2.34. The Bertz CT molecular complexity index is 153. The maximum atomic E-state index is 11.0. The predicted octanol–water partition coefficient (Wildman–Crippen LogP) is 2.31. The van der Waals surface area contributed by atoms with E-state index < -0.39 is 0 Å². The first kappa shape index (κ1) is 9.72. The van der Waals surface area contributed by atoms with Gasteiger partial charge in [0.1, 0.15) is 5.78 Å². The SMILES string of the molecule is CCCOC1(C)CCC(=O)CC1. The molecule has 12 heavy (non-hydrogen) atoms. The lowest BCUT2D eigenvalue weighted by atomic mass is 9.85. The van der Waals surface area contributed by atoms with E-state index in [1.165, 1.54) is 0 Å². The summed E-state index contributed by atoms with van der Waals surface area (Å²) in [5.41, 5.74) is -0.0100. The minimum Gasteiger partial charge on any atom is -0.375 e. The standard InChI is InChI=1S/C10H18O2/c1-3-8-12-10(2)6-4-9(11)5-7-10/h3-8H2,1-2H3. The van der Waals surface area contributed by atoms with Crippen LogP contribution in [-0.4, -0.2) is 18.0 Å². The molecule has 2 heteroatoms. The lowest BCUT2D eigenvalue weighted by molar-refractivity contribution is -0.128. The van der Waals surface area contributed by atoms with Crippen molar-refractivity contribution in [1.82, 2.24) is 0 Å². The zero-order valence-corrected chi connectivity index (χ0v) is 8.06. The van der Waals surface area contributed by atoms with E-state index in [1.807, 2.05) is 0 Å². The molecule has 1 rings (SSSR count). The molecule has 0 aromatic carbocycles. The number of rotatable bonds is 3. The molecule has 0 saturated heterocycles. The van der Waals surface area contributed by atoms with Gasteiger partial charge < -0.3 is 4.74 Å². The molecule has 0 bridgehead atoms. The number of hydrogen-bond donors (Lipinski definition) is 0. The van der Waals surface area contributed by atoms with Crippen LogP contribution < -0.4 is 0 Å². The Kier molecular flexibility index (Phi) is 3.27. The summed E-state index contributed by atoms with van der Waals surface area (Å²) >= 11 is 0. The summed E-state index contributed by atoms with van der Waals surface area (Å²) in [6.07, 6.45) is 4.29. The highest BCUT2D eigenvalue weighted by Crippen LogP contribution is 2.29. The van der Waals surface area contributed by atoms with Crippen molar-refractivity contribution in [1.29, 1.82) is 0 Å². The summed E-state index contributed by atoms with van der Waals surface area (Å²) in [7, 11) is 0. The summed E-state index contributed by atoms with van der Waals surface area (Å²) in [5, 5.41) is 0. The molecule has 1 saturated carbocycles. The average Bonchev–Trinajstić information content (AvgIpc) is 2.08. The molecule has 0 aromatic rings. The zero-order valence-electron chi connectivity index (χ0n) is 8.06. The molecule has 0 aromatic heterocycles. The highest BCUT2D eigenvalue weighted by atomic mass is 16.5. The second-order valence-electron chi connectivity index (χ2n) is 3.84. The molecule has 2 nitrogen and oxygen atoms in total. The van der Waals surface area contributed by atoms with Gasteiger partial charge in [0, 0.05) is 19.4 Å². The lowest BCUT2D eigenvalue weighted by Crippen LogP contribution is -2.34. The molecule has 1 aliphatic carbocycles. The zero-order chi connectivity index (χ0) is 9.03. The van der Waals surface area contributed by atoms with Gasteiger partial charge in [0.15, 0.2) is 0 Å². The maximum Gasteiger partial charge on any atom is 0.133 e. The third-order valence-electron chi connectivity index (χ3n) is 2.52. The molecule has 70 valence electrons. The fourth-order valence-electron chi connectivity index (χ4n) is 1.55. The predicted molar refractivity (Wildman–Crippen MR) is 48.1 cm³/mol. The van der Waals surface area contributed by atoms with Crippen molar-refractivity contribution >= 4 is 5.78 Å². The van der Waals surface area contributed by atoms with E-state index in [0.717, 1.165) is 25.9 Å². The van der Waals surface area contributed by atoms with Crippen molar-refractivity contribution in [3.63, 3.8) is 0 Å². The molecule has 1 fully saturated rings. The third-order valence-corrected chi connectivity index (χ3v) is 2.52. The minimum absolute atomic E-state index is 0.0100. The van der Waals surface area contributed by atoms with Crippen molar-refractivity contribution in [2.24, 2.45) is 0 Å². The van der Waals surface area contributed by atoms with Crippen LogP contribution in [-0.2, 0) is 9.53 Å². The second-order valence-corrected chi connectivity index (χ2v) is 3.84. The van der Waals surface area contributed by atoms with Gasteiger partial charge in [-0.15, -0.1) is 0 Å². The number of Topliss-reactive ketones (excluding diaryl/α,β-unsaturated/α-hetero) is 1. The molecule has 0 spiro atoms. The van der Waals surface area contributed by atoms with Gasteiger partial charge in [-0.2, -0.15) is 0 Å². The van der Waals surface area contributed by atoms with Gasteiger partial charge in [-0.05, 0) is 26.2 Å². The van der Waals surface area contributed by atoms with Crippen LogP contribution in [0.4, 0.5) is 0 Å². The van der Waals surface area contributed by atoms with Crippen LogP contribution in [0.3, 0.4) is 0 Å². The largest absolute Gasteiger partial charge is 0.375 e. The summed E-state index contributed by atoms with van der Waals surface area (Å²) in [6, 6.07) is 0. The molecule has 1 aliphatic rings. The molecule has 0 N–H and O–H groups in total. The van der Waals surface area contributed by atoms with Crippen molar-refractivity contribution in [3.8, 4) is 0 Å². The highest BCUT2D eigenvalue weighted by Gasteiger charge is 2.30. The number of hydrogen-bond acceptors (Lipinski definition) is 2. The van der Waals surface area contributed by atoms with Crippen molar-refractivity contribution in [2.45, 2.75) is 51.6 Å². The number of ether oxygens (including phenoxy) is 1. The smallest absolute Gasteiger partial charge is 0.133 e. The van der Waals surface area contributed by atoms with E-state index >= 15 is 0 Å². The summed E-state index contributed by atoms with van der Waals surface area (Å²) in [6.45, 7) is 5.05. The van der Waals surface area contributed by atoms with Gasteiger partial charge in [0.25, 0.3) is 0 Å². The van der Waals surface area contributed by atoms with Gasteiger partial charge >= 0.3 is 0 Å².